The van der Waals surface area contributed by atoms with Crippen LogP contribution in [-0.2, 0) is 0 Å². The molecule has 166 valence electrons. The summed E-state index contributed by atoms with van der Waals surface area (Å²) < 4.78 is 12.4. The molecule has 5 rings (SSSR count). The van der Waals surface area contributed by atoms with Gasteiger partial charge in [0.2, 0.25) is 0 Å². The topological polar surface area (TPSA) is 18.5 Å². The van der Waals surface area contributed by atoms with Gasteiger partial charge in [-0.05, 0) is 83.6 Å². The molecule has 0 heterocycles. The fourth-order valence-corrected chi connectivity index (χ4v) is 4.12. The summed E-state index contributed by atoms with van der Waals surface area (Å²) in [6, 6.07) is 40.8. The molecule has 0 unspecified atom stereocenters. The molecule has 2 nitrogen and oxygen atoms in total. The van der Waals surface area contributed by atoms with Crippen LogP contribution >= 0.6 is 0 Å². The van der Waals surface area contributed by atoms with E-state index in [1.54, 1.807) is 0 Å². The van der Waals surface area contributed by atoms with Gasteiger partial charge in [-0.2, -0.15) is 0 Å². The smallest absolute Gasteiger partial charge is 0.131 e. The zero-order valence-electron chi connectivity index (χ0n) is 19.4. The second kappa shape index (κ2) is 9.68. The minimum Gasteiger partial charge on any atom is -0.457 e. The second-order valence-corrected chi connectivity index (χ2v) is 8.36. The molecule has 0 fully saturated rings. The van der Waals surface area contributed by atoms with Crippen molar-refractivity contribution in [3.05, 3.63) is 132 Å². The molecule has 34 heavy (non-hydrogen) atoms. The lowest BCUT2D eigenvalue weighted by Gasteiger charge is -2.12. The van der Waals surface area contributed by atoms with Gasteiger partial charge in [0.1, 0.15) is 23.0 Å². The summed E-state index contributed by atoms with van der Waals surface area (Å²) in [5, 5.41) is 0. The lowest BCUT2D eigenvalue weighted by molar-refractivity contribution is 0.460. The Bertz CT molecular complexity index is 1330. The molecule has 0 saturated heterocycles. The van der Waals surface area contributed by atoms with Crippen LogP contribution in [-0.4, -0.2) is 0 Å². The normalized spacial score (nSPS) is 10.6. The minimum absolute atomic E-state index is 0.731. The predicted molar refractivity (Wildman–Crippen MR) is 140 cm³/mol. The van der Waals surface area contributed by atoms with E-state index in [0.29, 0.717) is 0 Å². The van der Waals surface area contributed by atoms with E-state index >= 15 is 0 Å². The molecule has 0 atom stereocenters. The molecule has 0 radical (unpaired) electrons. The van der Waals surface area contributed by atoms with Gasteiger partial charge in [0.05, 0.1) is 0 Å². The molecule has 0 saturated carbocycles. The predicted octanol–water partition coefficient (Wildman–Crippen LogP) is 9.22. The van der Waals surface area contributed by atoms with Crippen LogP contribution in [0.5, 0.6) is 23.0 Å². The molecular formula is C32H26O2. The van der Waals surface area contributed by atoms with Crippen LogP contribution in [0.4, 0.5) is 0 Å². The lowest BCUT2D eigenvalue weighted by atomic mass is 10.0. The average Bonchev–Trinajstić information content (AvgIpc) is 2.85. The van der Waals surface area contributed by atoms with E-state index in [1.165, 1.54) is 22.3 Å². The quantitative estimate of drug-likeness (QED) is 0.261. The molecule has 0 bridgehead atoms. The molecule has 0 aliphatic heterocycles. The maximum Gasteiger partial charge on any atom is 0.131 e. The molecule has 0 spiro atoms. The van der Waals surface area contributed by atoms with Gasteiger partial charge >= 0.3 is 0 Å². The van der Waals surface area contributed by atoms with E-state index in [0.717, 1.165) is 34.1 Å². The van der Waals surface area contributed by atoms with E-state index in [1.807, 2.05) is 48.5 Å². The Morgan fingerprint density at radius 2 is 0.765 bits per heavy atom. The number of hydrogen-bond donors (Lipinski definition) is 0. The summed E-state index contributed by atoms with van der Waals surface area (Å²) in [6.07, 6.45) is 0. The monoisotopic (exact) mass is 442 g/mol. The zero-order valence-corrected chi connectivity index (χ0v) is 19.4. The molecule has 5 aromatic rings. The first-order chi connectivity index (χ1) is 16.7. The highest BCUT2D eigenvalue weighted by molar-refractivity contribution is 5.69. The van der Waals surface area contributed by atoms with Crippen LogP contribution in [0, 0.1) is 13.8 Å². The number of ether oxygens (including phenoxy) is 2. The van der Waals surface area contributed by atoms with Gasteiger partial charge in [-0.3, -0.25) is 0 Å². The van der Waals surface area contributed by atoms with Gasteiger partial charge in [0.25, 0.3) is 0 Å². The van der Waals surface area contributed by atoms with Crippen molar-refractivity contribution >= 4 is 0 Å². The summed E-state index contributed by atoms with van der Waals surface area (Å²) in [5.41, 5.74) is 7.16. The van der Waals surface area contributed by atoms with Crippen LogP contribution in [0.25, 0.3) is 22.3 Å². The summed E-state index contributed by atoms with van der Waals surface area (Å²) >= 11 is 0. The van der Waals surface area contributed by atoms with E-state index in [2.05, 4.69) is 86.6 Å². The van der Waals surface area contributed by atoms with Crippen LogP contribution in [0.1, 0.15) is 11.1 Å². The first-order valence-corrected chi connectivity index (χ1v) is 11.4. The van der Waals surface area contributed by atoms with Crippen LogP contribution in [0.2, 0.25) is 0 Å². The van der Waals surface area contributed by atoms with Gasteiger partial charge in [0.15, 0.2) is 0 Å². The number of hydrogen-bond acceptors (Lipinski definition) is 2. The first kappa shape index (κ1) is 21.5. The Labute approximate surface area is 201 Å². The van der Waals surface area contributed by atoms with E-state index in [4.69, 9.17) is 9.47 Å². The largest absolute Gasteiger partial charge is 0.457 e. The van der Waals surface area contributed by atoms with Gasteiger partial charge < -0.3 is 9.47 Å². The van der Waals surface area contributed by atoms with Gasteiger partial charge in [-0.1, -0.05) is 78.9 Å². The standard InChI is InChI=1S/C32H26O2/c1-23-10-3-5-18-31(23)25-12-7-14-27(20-25)33-29-16-9-17-30(22-29)34-28-15-8-13-26(21-28)32-19-6-4-11-24(32)2/h3-22H,1-2H3. The first-order valence-electron chi connectivity index (χ1n) is 11.4. The van der Waals surface area contributed by atoms with Crippen LogP contribution < -0.4 is 9.47 Å². The third kappa shape index (κ3) is 4.87. The highest BCUT2D eigenvalue weighted by Gasteiger charge is 2.07. The highest BCUT2D eigenvalue weighted by Crippen LogP contribution is 2.33. The Morgan fingerprint density at radius 3 is 1.21 bits per heavy atom. The Kier molecular flexibility index (Phi) is 6.13. The average molecular weight is 443 g/mol. The van der Waals surface area contributed by atoms with Crippen molar-refractivity contribution in [2.45, 2.75) is 13.8 Å². The molecule has 0 amide bonds. The van der Waals surface area contributed by atoms with Crippen molar-refractivity contribution < 1.29 is 9.47 Å². The third-order valence-corrected chi connectivity index (χ3v) is 5.86. The third-order valence-electron chi connectivity index (χ3n) is 5.86. The number of benzene rings is 5. The molecular weight excluding hydrogens is 416 g/mol. The lowest BCUT2D eigenvalue weighted by Crippen LogP contribution is -1.89. The van der Waals surface area contributed by atoms with Crippen molar-refractivity contribution in [3.8, 4) is 45.3 Å². The second-order valence-electron chi connectivity index (χ2n) is 8.36. The fourth-order valence-electron chi connectivity index (χ4n) is 4.12. The van der Waals surface area contributed by atoms with Crippen molar-refractivity contribution in [2.75, 3.05) is 0 Å². The van der Waals surface area contributed by atoms with Crippen molar-refractivity contribution in [3.63, 3.8) is 0 Å². The van der Waals surface area contributed by atoms with Crippen LogP contribution in [0.15, 0.2) is 121 Å². The Hall–Kier alpha value is -4.30. The summed E-state index contributed by atoms with van der Waals surface area (Å²) in [4.78, 5) is 0. The zero-order chi connectivity index (χ0) is 23.3. The van der Waals surface area contributed by atoms with Crippen molar-refractivity contribution in [2.24, 2.45) is 0 Å². The summed E-state index contributed by atoms with van der Waals surface area (Å²) in [6.45, 7) is 4.25. The molecule has 5 aromatic carbocycles. The molecule has 0 aromatic heterocycles. The van der Waals surface area contributed by atoms with Gasteiger partial charge in [-0.15, -0.1) is 0 Å². The Balaban J connectivity index is 1.35. The molecule has 0 aliphatic rings. The highest BCUT2D eigenvalue weighted by atomic mass is 16.5. The number of rotatable bonds is 6. The Morgan fingerprint density at radius 1 is 0.382 bits per heavy atom. The minimum atomic E-state index is 0.731. The maximum atomic E-state index is 6.19. The SMILES string of the molecule is Cc1ccccc1-c1cccc(Oc2cccc(Oc3cccc(-c4ccccc4C)c3)c2)c1. The fraction of sp³-hybridized carbons (Fsp3) is 0.0625. The van der Waals surface area contributed by atoms with Crippen molar-refractivity contribution in [1.82, 2.24) is 0 Å². The molecule has 0 aliphatic carbocycles. The van der Waals surface area contributed by atoms with Crippen molar-refractivity contribution in [1.29, 1.82) is 0 Å². The van der Waals surface area contributed by atoms with Crippen LogP contribution in [0.3, 0.4) is 0 Å². The molecule has 2 heteroatoms. The van der Waals surface area contributed by atoms with Gasteiger partial charge in [0, 0.05) is 6.07 Å². The van der Waals surface area contributed by atoms with E-state index < -0.39 is 0 Å². The molecule has 0 N–H and O–H groups in total. The van der Waals surface area contributed by atoms with E-state index in [-0.39, 0.29) is 0 Å². The van der Waals surface area contributed by atoms with Gasteiger partial charge in [-0.25, -0.2) is 0 Å². The maximum absolute atomic E-state index is 6.19. The van der Waals surface area contributed by atoms with E-state index in [9.17, 15) is 0 Å². The number of aryl methyl sites for hydroxylation is 2. The summed E-state index contributed by atoms with van der Waals surface area (Å²) in [7, 11) is 0. The summed E-state index contributed by atoms with van der Waals surface area (Å²) in [5.74, 6) is 3.04.